The van der Waals surface area contributed by atoms with Crippen molar-refractivity contribution >= 4 is 39.0 Å². The number of carbonyl (C=O) groups excluding carboxylic acids is 2. The second-order valence-corrected chi connectivity index (χ2v) is 8.09. The van der Waals surface area contributed by atoms with E-state index >= 15 is 0 Å². The van der Waals surface area contributed by atoms with Crippen molar-refractivity contribution in [3.8, 4) is 0 Å². The number of hydrogen-bond donors (Lipinski definition) is 0. The van der Waals surface area contributed by atoms with Crippen LogP contribution in [0.3, 0.4) is 0 Å². The number of morpholine rings is 1. The van der Waals surface area contributed by atoms with Crippen LogP contribution in [0, 0.1) is 0 Å². The van der Waals surface area contributed by atoms with Crippen LogP contribution in [0.2, 0.25) is 0 Å². The smallest absolute Gasteiger partial charge is 0.282 e. The summed E-state index contributed by atoms with van der Waals surface area (Å²) in [6, 6.07) is 16.6. The molecular weight excluding hydrogens is 420 g/mol. The first-order chi connectivity index (χ1) is 13.5. The average molecular weight is 441 g/mol. The van der Waals surface area contributed by atoms with Crippen molar-refractivity contribution in [2.24, 2.45) is 0 Å². The van der Waals surface area contributed by atoms with E-state index in [1.54, 1.807) is 12.1 Å². The summed E-state index contributed by atoms with van der Waals surface area (Å²) in [6.07, 6.45) is -0.0350. The van der Waals surface area contributed by atoms with Gasteiger partial charge in [-0.05, 0) is 37.6 Å². The van der Waals surface area contributed by atoms with E-state index in [4.69, 9.17) is 4.74 Å². The topological polar surface area (TPSA) is 49.9 Å². The standard InChI is InChI=1S/C22H21BrN2O3/c1-14-12-24(13-15(2)28-14)20-19(16-7-4-3-5-8-16)21(26)25(22(20)27)18-10-6-9-17(23)11-18/h3-11,14-15H,12-13H2,1-2H3. The molecule has 1 saturated heterocycles. The van der Waals surface area contributed by atoms with E-state index in [0.29, 0.717) is 30.0 Å². The van der Waals surface area contributed by atoms with Crippen molar-refractivity contribution in [3.05, 3.63) is 70.3 Å². The first-order valence-corrected chi connectivity index (χ1v) is 10.1. The number of nitrogens with zero attached hydrogens (tertiary/aromatic N) is 2. The molecule has 2 heterocycles. The van der Waals surface area contributed by atoms with Crippen LogP contribution < -0.4 is 4.90 Å². The number of ether oxygens (including phenoxy) is 1. The van der Waals surface area contributed by atoms with Crippen LogP contribution in [0.4, 0.5) is 5.69 Å². The summed E-state index contributed by atoms with van der Waals surface area (Å²) < 4.78 is 6.64. The van der Waals surface area contributed by atoms with E-state index in [2.05, 4.69) is 15.9 Å². The SMILES string of the molecule is CC1CN(C2=C(c3ccccc3)C(=O)N(c3cccc(Br)c3)C2=O)CC(C)O1. The highest BCUT2D eigenvalue weighted by Gasteiger charge is 2.43. The lowest BCUT2D eigenvalue weighted by molar-refractivity contribution is -0.121. The second-order valence-electron chi connectivity index (χ2n) is 7.18. The molecule has 0 radical (unpaired) electrons. The third-order valence-electron chi connectivity index (χ3n) is 4.92. The van der Waals surface area contributed by atoms with Crippen LogP contribution >= 0.6 is 15.9 Å². The molecule has 1 fully saturated rings. The summed E-state index contributed by atoms with van der Waals surface area (Å²) in [5.74, 6) is -0.584. The molecular formula is C22H21BrN2O3. The van der Waals surface area contributed by atoms with Crippen LogP contribution in [0.1, 0.15) is 19.4 Å². The molecule has 2 unspecified atom stereocenters. The number of benzene rings is 2. The number of anilines is 1. The Morgan fingerprint density at radius 2 is 1.61 bits per heavy atom. The highest BCUT2D eigenvalue weighted by atomic mass is 79.9. The molecule has 28 heavy (non-hydrogen) atoms. The van der Waals surface area contributed by atoms with Gasteiger partial charge in [-0.3, -0.25) is 9.59 Å². The minimum absolute atomic E-state index is 0.0175. The first kappa shape index (κ1) is 18.9. The van der Waals surface area contributed by atoms with Gasteiger partial charge in [0.15, 0.2) is 0 Å². The van der Waals surface area contributed by atoms with Crippen molar-refractivity contribution in [2.75, 3.05) is 18.0 Å². The van der Waals surface area contributed by atoms with Gasteiger partial charge in [0.05, 0.1) is 23.5 Å². The third kappa shape index (κ3) is 3.38. The maximum absolute atomic E-state index is 13.5. The van der Waals surface area contributed by atoms with Gasteiger partial charge in [-0.15, -0.1) is 0 Å². The molecule has 0 aliphatic carbocycles. The number of rotatable bonds is 3. The zero-order valence-electron chi connectivity index (χ0n) is 15.8. The molecule has 2 aliphatic rings. The van der Waals surface area contributed by atoms with Gasteiger partial charge in [0.25, 0.3) is 11.8 Å². The van der Waals surface area contributed by atoms with Gasteiger partial charge >= 0.3 is 0 Å². The molecule has 2 aromatic carbocycles. The summed E-state index contributed by atoms with van der Waals surface area (Å²) in [5.41, 5.74) is 2.22. The van der Waals surface area contributed by atoms with E-state index in [0.717, 1.165) is 10.0 Å². The van der Waals surface area contributed by atoms with Gasteiger partial charge in [-0.25, -0.2) is 4.90 Å². The molecule has 0 bridgehead atoms. The van der Waals surface area contributed by atoms with E-state index in [1.807, 2.05) is 61.2 Å². The Bertz CT molecular complexity index is 947. The predicted molar refractivity (Wildman–Crippen MR) is 112 cm³/mol. The van der Waals surface area contributed by atoms with Gasteiger partial charge in [0.1, 0.15) is 5.70 Å². The molecule has 2 amide bonds. The Morgan fingerprint density at radius 3 is 2.25 bits per heavy atom. The molecule has 144 valence electrons. The molecule has 0 spiro atoms. The number of imide groups is 1. The summed E-state index contributed by atoms with van der Waals surface area (Å²) >= 11 is 3.43. The first-order valence-electron chi connectivity index (χ1n) is 9.30. The zero-order valence-corrected chi connectivity index (χ0v) is 17.3. The van der Waals surface area contributed by atoms with Crippen molar-refractivity contribution in [1.29, 1.82) is 0 Å². The predicted octanol–water partition coefficient (Wildman–Crippen LogP) is 3.84. The minimum Gasteiger partial charge on any atom is -0.372 e. The summed E-state index contributed by atoms with van der Waals surface area (Å²) in [6.45, 7) is 5.11. The number of amides is 2. The lowest BCUT2D eigenvalue weighted by Crippen LogP contribution is -2.47. The van der Waals surface area contributed by atoms with Crippen molar-refractivity contribution in [2.45, 2.75) is 26.1 Å². The van der Waals surface area contributed by atoms with Crippen LogP contribution in [0.5, 0.6) is 0 Å². The number of hydrogen-bond acceptors (Lipinski definition) is 4. The molecule has 0 N–H and O–H groups in total. The molecule has 2 atom stereocenters. The summed E-state index contributed by atoms with van der Waals surface area (Å²) in [4.78, 5) is 30.2. The summed E-state index contributed by atoms with van der Waals surface area (Å²) in [5, 5.41) is 0. The van der Waals surface area contributed by atoms with Crippen molar-refractivity contribution in [3.63, 3.8) is 0 Å². The molecule has 2 aromatic rings. The normalized spacial score (nSPS) is 23.0. The molecule has 4 rings (SSSR count). The quantitative estimate of drug-likeness (QED) is 0.680. The number of carbonyl (C=O) groups is 2. The molecule has 0 saturated carbocycles. The van der Waals surface area contributed by atoms with E-state index < -0.39 is 0 Å². The summed E-state index contributed by atoms with van der Waals surface area (Å²) in [7, 11) is 0. The van der Waals surface area contributed by atoms with Crippen LogP contribution in [-0.2, 0) is 14.3 Å². The Balaban J connectivity index is 1.83. The molecule has 2 aliphatic heterocycles. The van der Waals surface area contributed by atoms with Crippen LogP contribution in [0.15, 0.2) is 64.8 Å². The lowest BCUT2D eigenvalue weighted by Gasteiger charge is -2.37. The zero-order chi connectivity index (χ0) is 19.8. The van der Waals surface area contributed by atoms with Gasteiger partial charge in [-0.2, -0.15) is 0 Å². The van der Waals surface area contributed by atoms with Gasteiger partial charge in [0.2, 0.25) is 0 Å². The van der Waals surface area contributed by atoms with Gasteiger partial charge < -0.3 is 9.64 Å². The Hall–Kier alpha value is -2.44. The van der Waals surface area contributed by atoms with Gasteiger partial charge in [0, 0.05) is 17.6 Å². The average Bonchev–Trinajstić information content (AvgIpc) is 2.92. The third-order valence-corrected chi connectivity index (χ3v) is 5.42. The monoisotopic (exact) mass is 440 g/mol. The van der Waals surface area contributed by atoms with E-state index in [1.165, 1.54) is 4.90 Å². The molecule has 5 nitrogen and oxygen atoms in total. The highest BCUT2D eigenvalue weighted by Crippen LogP contribution is 2.36. The largest absolute Gasteiger partial charge is 0.372 e. The molecule has 6 heteroatoms. The maximum Gasteiger partial charge on any atom is 0.282 e. The van der Waals surface area contributed by atoms with Crippen LogP contribution in [-0.4, -0.2) is 42.0 Å². The Kier molecular flexibility index (Phi) is 5.08. The number of halogens is 1. The van der Waals surface area contributed by atoms with Crippen LogP contribution in [0.25, 0.3) is 5.57 Å². The Morgan fingerprint density at radius 1 is 0.929 bits per heavy atom. The lowest BCUT2D eigenvalue weighted by atomic mass is 10.0. The maximum atomic E-state index is 13.5. The van der Waals surface area contributed by atoms with Gasteiger partial charge in [-0.1, -0.05) is 52.3 Å². The Labute approximate surface area is 172 Å². The highest BCUT2D eigenvalue weighted by molar-refractivity contribution is 9.10. The van der Waals surface area contributed by atoms with Crippen molar-refractivity contribution < 1.29 is 14.3 Å². The second kappa shape index (κ2) is 7.53. The van der Waals surface area contributed by atoms with E-state index in [9.17, 15) is 9.59 Å². The molecule has 0 aromatic heterocycles. The fraction of sp³-hybridized carbons (Fsp3) is 0.273. The van der Waals surface area contributed by atoms with E-state index in [-0.39, 0.29) is 24.0 Å². The van der Waals surface area contributed by atoms with Crippen molar-refractivity contribution in [1.82, 2.24) is 4.90 Å². The minimum atomic E-state index is -0.295. The fourth-order valence-corrected chi connectivity index (χ4v) is 4.27. The fourth-order valence-electron chi connectivity index (χ4n) is 3.89.